The molecule has 1 amide bonds. The maximum absolute atomic E-state index is 10.6. The zero-order valence-electron chi connectivity index (χ0n) is 8.63. The molecule has 0 aliphatic carbocycles. The number of benzene rings is 1. The summed E-state index contributed by atoms with van der Waals surface area (Å²) in [5.41, 5.74) is 8.47. The lowest BCUT2D eigenvalue weighted by atomic mass is 10.1. The van der Waals surface area contributed by atoms with Crippen LogP contribution in [0.3, 0.4) is 0 Å². The molecule has 76 valence electrons. The summed E-state index contributed by atoms with van der Waals surface area (Å²) < 4.78 is 0. The number of aryl methyl sites for hydroxylation is 2. The Labute approximate surface area is 84.3 Å². The minimum Gasteiger partial charge on any atom is -0.376 e. The second-order valence-corrected chi connectivity index (χ2v) is 3.28. The van der Waals surface area contributed by atoms with E-state index in [-0.39, 0.29) is 12.5 Å². The molecule has 0 spiro atoms. The lowest BCUT2D eigenvalue weighted by Gasteiger charge is -2.12. The van der Waals surface area contributed by atoms with E-state index < -0.39 is 0 Å². The Morgan fingerprint density at radius 3 is 2.79 bits per heavy atom. The predicted molar refractivity (Wildman–Crippen MR) is 58.2 cm³/mol. The Kier molecular flexibility index (Phi) is 3.51. The smallest absolute Gasteiger partial charge is 0.236 e. The van der Waals surface area contributed by atoms with Crippen molar-refractivity contribution in [2.45, 2.75) is 20.3 Å². The van der Waals surface area contributed by atoms with Gasteiger partial charge in [-0.25, -0.2) is 0 Å². The number of carbonyl (C=O) groups excluding carboxylic acids is 1. The second-order valence-electron chi connectivity index (χ2n) is 3.28. The van der Waals surface area contributed by atoms with Gasteiger partial charge in [0.1, 0.15) is 0 Å². The third kappa shape index (κ3) is 2.49. The Morgan fingerprint density at radius 1 is 1.50 bits per heavy atom. The molecule has 0 heterocycles. The quantitative estimate of drug-likeness (QED) is 0.758. The molecule has 0 aliphatic heterocycles. The van der Waals surface area contributed by atoms with Crippen molar-refractivity contribution in [3.05, 3.63) is 29.3 Å². The van der Waals surface area contributed by atoms with Gasteiger partial charge >= 0.3 is 0 Å². The monoisotopic (exact) mass is 192 g/mol. The summed E-state index contributed by atoms with van der Waals surface area (Å²) in [5, 5.41) is 3.06. The van der Waals surface area contributed by atoms with Crippen molar-refractivity contribution in [1.82, 2.24) is 0 Å². The summed E-state index contributed by atoms with van der Waals surface area (Å²) in [6, 6.07) is 6.09. The number of nitrogens with two attached hydrogens (primary N) is 1. The highest BCUT2D eigenvalue weighted by Crippen LogP contribution is 2.20. The number of hydrogen-bond donors (Lipinski definition) is 2. The lowest BCUT2D eigenvalue weighted by Crippen LogP contribution is -2.22. The van der Waals surface area contributed by atoms with Gasteiger partial charge in [-0.05, 0) is 24.5 Å². The van der Waals surface area contributed by atoms with Crippen molar-refractivity contribution in [3.8, 4) is 0 Å². The molecule has 1 aromatic carbocycles. The van der Waals surface area contributed by atoms with Gasteiger partial charge in [-0.3, -0.25) is 4.79 Å². The largest absolute Gasteiger partial charge is 0.376 e. The van der Waals surface area contributed by atoms with E-state index in [4.69, 9.17) is 5.73 Å². The molecule has 1 rings (SSSR count). The third-order valence-corrected chi connectivity index (χ3v) is 2.18. The Bertz CT molecular complexity index is 334. The van der Waals surface area contributed by atoms with Crippen LogP contribution >= 0.6 is 0 Å². The third-order valence-electron chi connectivity index (χ3n) is 2.18. The van der Waals surface area contributed by atoms with E-state index in [9.17, 15) is 4.79 Å². The van der Waals surface area contributed by atoms with E-state index in [2.05, 4.69) is 18.3 Å². The van der Waals surface area contributed by atoms with Gasteiger partial charge in [0, 0.05) is 5.69 Å². The summed E-state index contributed by atoms with van der Waals surface area (Å²) in [6.45, 7) is 4.30. The molecule has 14 heavy (non-hydrogen) atoms. The normalized spacial score (nSPS) is 9.86. The average Bonchev–Trinajstić information content (AvgIpc) is 2.15. The fourth-order valence-corrected chi connectivity index (χ4v) is 1.45. The number of para-hydroxylation sites is 1. The van der Waals surface area contributed by atoms with Gasteiger partial charge in [0.25, 0.3) is 0 Å². The van der Waals surface area contributed by atoms with Crippen molar-refractivity contribution >= 4 is 11.6 Å². The second kappa shape index (κ2) is 4.65. The number of amides is 1. The van der Waals surface area contributed by atoms with Gasteiger partial charge in [0.05, 0.1) is 6.54 Å². The number of carbonyl (C=O) groups is 1. The molecule has 0 bridgehead atoms. The highest BCUT2D eigenvalue weighted by Gasteiger charge is 2.03. The van der Waals surface area contributed by atoms with E-state index in [0.29, 0.717) is 0 Å². The van der Waals surface area contributed by atoms with E-state index in [1.165, 1.54) is 5.56 Å². The molecule has 3 heteroatoms. The fraction of sp³-hybridized carbons (Fsp3) is 0.364. The van der Waals surface area contributed by atoms with Gasteiger partial charge < -0.3 is 11.1 Å². The van der Waals surface area contributed by atoms with Crippen molar-refractivity contribution < 1.29 is 4.79 Å². The first-order chi connectivity index (χ1) is 6.65. The molecule has 0 saturated carbocycles. The fourth-order valence-electron chi connectivity index (χ4n) is 1.45. The lowest BCUT2D eigenvalue weighted by molar-refractivity contribution is -0.116. The molecular weight excluding hydrogens is 176 g/mol. The Balaban J connectivity index is 2.87. The van der Waals surface area contributed by atoms with Crippen LogP contribution in [-0.2, 0) is 11.2 Å². The van der Waals surface area contributed by atoms with Crippen LogP contribution in [0, 0.1) is 6.92 Å². The molecule has 0 unspecified atom stereocenters. The zero-order valence-corrected chi connectivity index (χ0v) is 8.63. The number of anilines is 1. The van der Waals surface area contributed by atoms with Crippen molar-refractivity contribution in [2.24, 2.45) is 5.73 Å². The summed E-state index contributed by atoms with van der Waals surface area (Å²) in [6.07, 6.45) is 0.947. The number of primary amides is 1. The first-order valence-electron chi connectivity index (χ1n) is 4.75. The zero-order chi connectivity index (χ0) is 10.6. The van der Waals surface area contributed by atoms with Crippen LogP contribution in [0.5, 0.6) is 0 Å². The summed E-state index contributed by atoms with van der Waals surface area (Å²) in [4.78, 5) is 10.6. The van der Waals surface area contributed by atoms with Crippen molar-refractivity contribution in [3.63, 3.8) is 0 Å². The summed E-state index contributed by atoms with van der Waals surface area (Å²) in [7, 11) is 0. The van der Waals surface area contributed by atoms with Crippen molar-refractivity contribution in [1.29, 1.82) is 0 Å². The minimum atomic E-state index is -0.338. The standard InChI is InChI=1S/C11H16N2O/c1-3-9-6-4-5-8(2)11(9)13-7-10(12)14/h4-6,13H,3,7H2,1-2H3,(H2,12,14). The minimum absolute atomic E-state index is 0.192. The van der Waals surface area contributed by atoms with Crippen LogP contribution in [-0.4, -0.2) is 12.5 Å². The molecule has 0 atom stereocenters. The van der Waals surface area contributed by atoms with Gasteiger partial charge in [0.2, 0.25) is 5.91 Å². The maximum atomic E-state index is 10.6. The Hall–Kier alpha value is -1.51. The van der Waals surface area contributed by atoms with E-state index >= 15 is 0 Å². The van der Waals surface area contributed by atoms with E-state index in [1.54, 1.807) is 0 Å². The summed E-state index contributed by atoms with van der Waals surface area (Å²) >= 11 is 0. The van der Waals surface area contributed by atoms with Crippen LogP contribution < -0.4 is 11.1 Å². The highest BCUT2D eigenvalue weighted by atomic mass is 16.1. The van der Waals surface area contributed by atoms with Gasteiger partial charge in [0.15, 0.2) is 0 Å². The van der Waals surface area contributed by atoms with Gasteiger partial charge in [-0.2, -0.15) is 0 Å². The molecule has 0 radical (unpaired) electrons. The maximum Gasteiger partial charge on any atom is 0.236 e. The van der Waals surface area contributed by atoms with Crippen LogP contribution in [0.15, 0.2) is 18.2 Å². The van der Waals surface area contributed by atoms with E-state index in [0.717, 1.165) is 17.7 Å². The number of hydrogen-bond acceptors (Lipinski definition) is 2. The average molecular weight is 192 g/mol. The highest BCUT2D eigenvalue weighted by molar-refractivity contribution is 5.79. The predicted octanol–water partition coefficient (Wildman–Crippen LogP) is 1.45. The molecule has 0 aromatic heterocycles. The van der Waals surface area contributed by atoms with Crippen LogP contribution in [0.4, 0.5) is 5.69 Å². The first-order valence-corrected chi connectivity index (χ1v) is 4.75. The molecular formula is C11H16N2O. The number of nitrogens with one attached hydrogen (secondary N) is 1. The SMILES string of the molecule is CCc1cccc(C)c1NCC(N)=O. The molecule has 0 saturated heterocycles. The summed E-state index contributed by atoms with van der Waals surface area (Å²) in [5.74, 6) is -0.338. The molecule has 1 aromatic rings. The molecule has 0 aliphatic rings. The van der Waals surface area contributed by atoms with Gasteiger partial charge in [-0.1, -0.05) is 25.1 Å². The first kappa shape index (κ1) is 10.6. The number of rotatable bonds is 4. The topological polar surface area (TPSA) is 55.1 Å². The van der Waals surface area contributed by atoms with Crippen LogP contribution in [0.1, 0.15) is 18.1 Å². The van der Waals surface area contributed by atoms with Gasteiger partial charge in [-0.15, -0.1) is 0 Å². The van der Waals surface area contributed by atoms with Crippen LogP contribution in [0.25, 0.3) is 0 Å². The molecule has 3 N–H and O–H groups in total. The van der Waals surface area contributed by atoms with E-state index in [1.807, 2.05) is 19.1 Å². The molecule has 0 fully saturated rings. The van der Waals surface area contributed by atoms with Crippen molar-refractivity contribution in [2.75, 3.05) is 11.9 Å². The molecule has 3 nitrogen and oxygen atoms in total. The Morgan fingerprint density at radius 2 is 2.21 bits per heavy atom. The van der Waals surface area contributed by atoms with Crippen LogP contribution in [0.2, 0.25) is 0 Å².